The fourth-order valence-electron chi connectivity index (χ4n) is 3.95. The molecule has 0 aromatic heterocycles. The van der Waals surface area contributed by atoms with Crippen LogP contribution >= 0.6 is 0 Å². The molecule has 0 heterocycles. The van der Waals surface area contributed by atoms with Gasteiger partial charge < -0.3 is 4.43 Å². The van der Waals surface area contributed by atoms with Gasteiger partial charge in [-0.1, -0.05) is 46.8 Å². The predicted octanol–water partition coefficient (Wildman–Crippen LogP) is 5.99. The summed E-state index contributed by atoms with van der Waals surface area (Å²) in [5.74, 6) is 2.32. The van der Waals surface area contributed by atoms with Gasteiger partial charge in [-0.3, -0.25) is 4.79 Å². The molecule has 132 valence electrons. The highest BCUT2D eigenvalue weighted by atomic mass is 28.4. The number of allylic oxidation sites excluding steroid dienone is 2. The third kappa shape index (κ3) is 4.01. The van der Waals surface area contributed by atoms with Crippen LogP contribution in [0.25, 0.3) is 0 Å². The van der Waals surface area contributed by atoms with Crippen molar-refractivity contribution in [2.45, 2.75) is 89.8 Å². The molecular formula is C19H36O2Si2. The van der Waals surface area contributed by atoms with Crippen LogP contribution in [0.2, 0.25) is 43.3 Å². The van der Waals surface area contributed by atoms with Gasteiger partial charge >= 0.3 is 0 Å². The van der Waals surface area contributed by atoms with Crippen molar-refractivity contribution < 1.29 is 9.22 Å². The second-order valence-electron chi connectivity index (χ2n) is 10.2. The maximum absolute atomic E-state index is 12.8. The van der Waals surface area contributed by atoms with E-state index in [0.29, 0.717) is 29.6 Å². The first-order chi connectivity index (χ1) is 10.3. The predicted molar refractivity (Wildman–Crippen MR) is 104 cm³/mol. The second-order valence-corrected chi connectivity index (χ2v) is 20.4. The number of hydrogen-bond donors (Lipinski definition) is 0. The molecule has 0 aliphatic heterocycles. The maximum Gasteiger partial charge on any atom is 0.250 e. The van der Waals surface area contributed by atoms with Crippen LogP contribution in [0.5, 0.6) is 0 Å². The van der Waals surface area contributed by atoms with Crippen LogP contribution in [-0.4, -0.2) is 22.2 Å². The molecule has 0 N–H and O–H groups in total. The SMILES string of the molecule is CC(C)(C)[Si](C)(C)OC1=C[C@@H]([Si](C)(C)C)[C@H]2CCC[C@H]2C(=O)C1. The average Bonchev–Trinajstić information content (AvgIpc) is 2.76. The Balaban J connectivity index is 2.35. The summed E-state index contributed by atoms with van der Waals surface area (Å²) in [4.78, 5) is 12.8. The third-order valence-corrected chi connectivity index (χ3v) is 13.3. The van der Waals surface area contributed by atoms with Gasteiger partial charge in [0.05, 0.1) is 20.3 Å². The first-order valence-corrected chi connectivity index (χ1v) is 15.7. The zero-order chi connectivity index (χ0) is 17.6. The molecule has 0 aromatic rings. The van der Waals surface area contributed by atoms with Crippen LogP contribution in [0, 0.1) is 11.8 Å². The highest BCUT2D eigenvalue weighted by Crippen LogP contribution is 2.49. The summed E-state index contributed by atoms with van der Waals surface area (Å²) in [7, 11) is -3.23. The Kier molecular flexibility index (Phi) is 5.10. The molecule has 2 rings (SSSR count). The Labute approximate surface area is 145 Å². The molecule has 0 aromatic carbocycles. The van der Waals surface area contributed by atoms with Crippen molar-refractivity contribution in [1.82, 2.24) is 0 Å². The fraction of sp³-hybridized carbons (Fsp3) is 0.842. The maximum atomic E-state index is 12.8. The van der Waals surface area contributed by atoms with E-state index in [4.69, 9.17) is 4.43 Å². The molecule has 0 saturated heterocycles. The quantitative estimate of drug-likeness (QED) is 0.583. The monoisotopic (exact) mass is 352 g/mol. The lowest BCUT2D eigenvalue weighted by Crippen LogP contribution is -2.40. The van der Waals surface area contributed by atoms with Crippen molar-refractivity contribution in [2.24, 2.45) is 11.8 Å². The molecule has 2 aliphatic carbocycles. The second kappa shape index (κ2) is 6.18. The zero-order valence-corrected chi connectivity index (χ0v) is 18.5. The molecule has 0 amide bonds. The normalized spacial score (nSPS) is 29.8. The van der Waals surface area contributed by atoms with E-state index in [9.17, 15) is 4.79 Å². The van der Waals surface area contributed by atoms with Gasteiger partial charge in [0.2, 0.25) is 8.32 Å². The highest BCUT2D eigenvalue weighted by Gasteiger charge is 2.46. The molecule has 4 heteroatoms. The molecular weight excluding hydrogens is 316 g/mol. The summed E-state index contributed by atoms with van der Waals surface area (Å²) in [6.45, 7) is 18.7. The van der Waals surface area contributed by atoms with E-state index in [1.54, 1.807) is 0 Å². The summed E-state index contributed by atoms with van der Waals surface area (Å²) >= 11 is 0. The van der Waals surface area contributed by atoms with Crippen LogP contribution in [-0.2, 0) is 9.22 Å². The summed E-state index contributed by atoms with van der Waals surface area (Å²) in [6, 6.07) is 0. The molecule has 1 fully saturated rings. The van der Waals surface area contributed by atoms with E-state index < -0.39 is 16.4 Å². The van der Waals surface area contributed by atoms with Gasteiger partial charge in [-0.15, -0.1) is 0 Å². The van der Waals surface area contributed by atoms with Crippen molar-refractivity contribution in [3.8, 4) is 0 Å². The third-order valence-electron chi connectivity index (χ3n) is 6.35. The average molecular weight is 353 g/mol. The Bertz CT molecular complexity index is 494. The topological polar surface area (TPSA) is 26.3 Å². The fourth-order valence-corrected chi connectivity index (χ4v) is 7.42. The molecule has 0 bridgehead atoms. The van der Waals surface area contributed by atoms with E-state index >= 15 is 0 Å². The van der Waals surface area contributed by atoms with Gasteiger partial charge in [0.1, 0.15) is 5.78 Å². The molecule has 1 saturated carbocycles. The number of carbonyl (C=O) groups is 1. The largest absolute Gasteiger partial charge is 0.546 e. The number of rotatable bonds is 3. The van der Waals surface area contributed by atoms with Crippen LogP contribution in [0.3, 0.4) is 0 Å². The zero-order valence-electron chi connectivity index (χ0n) is 16.5. The number of fused-ring (bicyclic) bond motifs is 1. The van der Waals surface area contributed by atoms with Gasteiger partial charge in [0, 0.05) is 5.92 Å². The minimum Gasteiger partial charge on any atom is -0.546 e. The Hall–Kier alpha value is -0.356. The molecule has 0 unspecified atom stereocenters. The van der Waals surface area contributed by atoms with Crippen molar-refractivity contribution in [3.63, 3.8) is 0 Å². The minimum atomic E-state index is -1.87. The molecule has 3 atom stereocenters. The Morgan fingerprint density at radius 1 is 1.09 bits per heavy atom. The van der Waals surface area contributed by atoms with Gasteiger partial charge in [-0.05, 0) is 48.5 Å². The van der Waals surface area contributed by atoms with Crippen molar-refractivity contribution in [1.29, 1.82) is 0 Å². The van der Waals surface area contributed by atoms with Gasteiger partial charge in [-0.2, -0.15) is 0 Å². The van der Waals surface area contributed by atoms with Crippen molar-refractivity contribution in [2.75, 3.05) is 0 Å². The van der Waals surface area contributed by atoms with E-state index in [0.717, 1.165) is 12.2 Å². The Morgan fingerprint density at radius 2 is 1.70 bits per heavy atom. The number of ketones is 1. The van der Waals surface area contributed by atoms with Gasteiger partial charge in [0.25, 0.3) is 0 Å². The number of carbonyl (C=O) groups excluding carboxylic acids is 1. The summed E-state index contributed by atoms with van der Waals surface area (Å²) in [5, 5.41) is 0.174. The van der Waals surface area contributed by atoms with E-state index in [-0.39, 0.29) is 5.04 Å². The Morgan fingerprint density at radius 3 is 2.22 bits per heavy atom. The van der Waals surface area contributed by atoms with Crippen molar-refractivity contribution in [3.05, 3.63) is 11.8 Å². The van der Waals surface area contributed by atoms with Gasteiger partial charge in [-0.25, -0.2) is 0 Å². The van der Waals surface area contributed by atoms with Crippen molar-refractivity contribution >= 4 is 22.2 Å². The first kappa shape index (κ1) is 19.0. The molecule has 0 spiro atoms. The summed E-state index contributed by atoms with van der Waals surface area (Å²) < 4.78 is 6.59. The van der Waals surface area contributed by atoms with E-state index in [2.05, 4.69) is 59.6 Å². The lowest BCUT2D eigenvalue weighted by Gasteiger charge is -2.38. The standard InChI is InChI=1S/C19H36O2Si2/c1-19(2,3)23(7,8)21-14-12-17(20)15-10-9-11-16(15)18(13-14)22(4,5)6/h13,15-16,18H,9-12H2,1-8H3/t15-,16+,18-/m1/s1. The molecule has 23 heavy (non-hydrogen) atoms. The number of hydrogen-bond acceptors (Lipinski definition) is 2. The summed E-state index contributed by atoms with van der Waals surface area (Å²) in [6.07, 6.45) is 6.50. The lowest BCUT2D eigenvalue weighted by atomic mass is 9.90. The highest BCUT2D eigenvalue weighted by molar-refractivity contribution is 6.78. The minimum absolute atomic E-state index is 0.174. The molecule has 2 aliphatic rings. The van der Waals surface area contributed by atoms with Crippen LogP contribution in [0.15, 0.2) is 11.8 Å². The molecule has 0 radical (unpaired) electrons. The smallest absolute Gasteiger partial charge is 0.250 e. The lowest BCUT2D eigenvalue weighted by molar-refractivity contribution is -0.123. The van der Waals surface area contributed by atoms with E-state index in [1.807, 2.05) is 0 Å². The summed E-state index contributed by atoms with van der Waals surface area (Å²) in [5.41, 5.74) is 0.584. The number of Topliss-reactive ketones (excluding diaryl/α,β-unsaturated/α-hetero) is 1. The first-order valence-electron chi connectivity index (χ1n) is 9.25. The van der Waals surface area contributed by atoms with Gasteiger partial charge in [0.15, 0.2) is 0 Å². The van der Waals surface area contributed by atoms with Crippen LogP contribution < -0.4 is 0 Å². The molecule has 2 nitrogen and oxygen atoms in total. The van der Waals surface area contributed by atoms with Crippen LogP contribution in [0.4, 0.5) is 0 Å². The van der Waals surface area contributed by atoms with E-state index in [1.165, 1.54) is 12.8 Å². The van der Waals surface area contributed by atoms with Crippen LogP contribution in [0.1, 0.15) is 46.5 Å².